The van der Waals surface area contributed by atoms with E-state index in [9.17, 15) is 5.11 Å². The maximum atomic E-state index is 10.4. The van der Waals surface area contributed by atoms with Crippen LogP contribution in [0.2, 0.25) is 0 Å². The van der Waals surface area contributed by atoms with E-state index in [2.05, 4.69) is 12.2 Å². The van der Waals surface area contributed by atoms with Crippen LogP contribution in [0.5, 0.6) is 11.5 Å². The van der Waals surface area contributed by atoms with E-state index in [-0.39, 0.29) is 0 Å². The highest BCUT2D eigenvalue weighted by atomic mass is 16.5. The first kappa shape index (κ1) is 13.0. The Morgan fingerprint density at radius 3 is 2.56 bits per heavy atom. The summed E-state index contributed by atoms with van der Waals surface area (Å²) >= 11 is 0. The Morgan fingerprint density at radius 1 is 1.17 bits per heavy atom. The van der Waals surface area contributed by atoms with Crippen LogP contribution in [0.15, 0.2) is 30.4 Å². The van der Waals surface area contributed by atoms with Crippen LogP contribution >= 0.6 is 0 Å². The number of methoxy groups -OCH3 is 2. The van der Waals surface area contributed by atoms with E-state index in [4.69, 9.17) is 9.47 Å². The molecule has 0 amide bonds. The van der Waals surface area contributed by atoms with Gasteiger partial charge in [-0.25, -0.2) is 0 Å². The summed E-state index contributed by atoms with van der Waals surface area (Å²) in [5.74, 6) is 1.66. The van der Waals surface area contributed by atoms with Gasteiger partial charge in [0, 0.05) is 0 Å². The van der Waals surface area contributed by atoms with Gasteiger partial charge >= 0.3 is 0 Å². The third-order valence-corrected chi connectivity index (χ3v) is 3.51. The van der Waals surface area contributed by atoms with Gasteiger partial charge in [-0.1, -0.05) is 18.2 Å². The second kappa shape index (κ2) is 5.91. The lowest BCUT2D eigenvalue weighted by Crippen LogP contribution is -2.14. The van der Waals surface area contributed by atoms with Crippen LogP contribution in [0.1, 0.15) is 30.9 Å². The van der Waals surface area contributed by atoms with Crippen LogP contribution < -0.4 is 9.47 Å². The minimum atomic E-state index is -0.435. The molecule has 1 N–H and O–H groups in total. The Balaban J connectivity index is 2.19. The molecular weight excluding hydrogens is 228 g/mol. The summed E-state index contributed by atoms with van der Waals surface area (Å²) < 4.78 is 10.5. The number of ether oxygens (including phenoxy) is 2. The van der Waals surface area contributed by atoms with Gasteiger partial charge in [0.25, 0.3) is 0 Å². The van der Waals surface area contributed by atoms with E-state index in [1.165, 1.54) is 0 Å². The minimum Gasteiger partial charge on any atom is -0.493 e. The number of hydrogen-bond acceptors (Lipinski definition) is 3. The lowest BCUT2D eigenvalue weighted by molar-refractivity contribution is 0.102. The lowest BCUT2D eigenvalue weighted by atomic mass is 9.86. The maximum absolute atomic E-state index is 10.4. The number of allylic oxidation sites excluding steroid dienone is 2. The molecule has 0 saturated carbocycles. The first-order valence-corrected chi connectivity index (χ1v) is 6.31. The Labute approximate surface area is 108 Å². The van der Waals surface area contributed by atoms with Crippen molar-refractivity contribution in [3.8, 4) is 11.5 Å². The highest BCUT2D eigenvalue weighted by Gasteiger charge is 2.22. The van der Waals surface area contributed by atoms with Crippen LogP contribution in [-0.4, -0.2) is 19.3 Å². The van der Waals surface area contributed by atoms with Gasteiger partial charge in [0.1, 0.15) is 0 Å². The molecule has 2 atom stereocenters. The topological polar surface area (TPSA) is 38.7 Å². The van der Waals surface area contributed by atoms with Gasteiger partial charge in [0.15, 0.2) is 11.5 Å². The summed E-state index contributed by atoms with van der Waals surface area (Å²) in [7, 11) is 3.22. The van der Waals surface area contributed by atoms with Crippen LogP contribution in [0, 0.1) is 5.92 Å². The Kier molecular flexibility index (Phi) is 4.26. The Hall–Kier alpha value is -1.48. The molecule has 0 spiro atoms. The van der Waals surface area contributed by atoms with Gasteiger partial charge in [-0.3, -0.25) is 0 Å². The van der Waals surface area contributed by atoms with Crippen LogP contribution in [0.4, 0.5) is 0 Å². The predicted octanol–water partition coefficient (Wildman–Crippen LogP) is 3.09. The van der Waals surface area contributed by atoms with E-state index in [0.29, 0.717) is 17.4 Å². The molecule has 0 saturated heterocycles. The largest absolute Gasteiger partial charge is 0.493 e. The van der Waals surface area contributed by atoms with Gasteiger partial charge in [-0.05, 0) is 42.9 Å². The van der Waals surface area contributed by atoms with Gasteiger partial charge in [0.05, 0.1) is 20.3 Å². The molecule has 1 aliphatic carbocycles. The fourth-order valence-corrected chi connectivity index (χ4v) is 2.41. The summed E-state index contributed by atoms with van der Waals surface area (Å²) in [4.78, 5) is 0. The number of hydrogen-bond donors (Lipinski definition) is 1. The van der Waals surface area contributed by atoms with Crippen LogP contribution in [0.3, 0.4) is 0 Å². The number of aliphatic hydroxyl groups is 1. The monoisotopic (exact) mass is 248 g/mol. The lowest BCUT2D eigenvalue weighted by Gasteiger charge is -2.24. The molecule has 0 fully saturated rings. The summed E-state index contributed by atoms with van der Waals surface area (Å²) in [6, 6.07) is 5.61. The quantitative estimate of drug-likeness (QED) is 0.832. The van der Waals surface area contributed by atoms with Crippen LogP contribution in [0.25, 0.3) is 0 Å². The highest BCUT2D eigenvalue weighted by Crippen LogP contribution is 2.35. The molecule has 3 nitrogen and oxygen atoms in total. The highest BCUT2D eigenvalue weighted by molar-refractivity contribution is 5.43. The van der Waals surface area contributed by atoms with Crippen molar-refractivity contribution in [2.75, 3.05) is 14.2 Å². The molecule has 0 radical (unpaired) electrons. The molecule has 0 aromatic heterocycles. The molecule has 1 aliphatic rings. The standard InChI is InChI=1S/C15H20O3/c1-17-13-9-8-12(10-14(13)18-2)15(16)11-6-4-3-5-7-11/h3-4,8-11,15-16H,5-7H2,1-2H3. The molecule has 98 valence electrons. The first-order chi connectivity index (χ1) is 8.76. The number of rotatable bonds is 4. The summed E-state index contributed by atoms with van der Waals surface area (Å²) in [5, 5.41) is 10.4. The van der Waals surface area contributed by atoms with E-state index in [1.54, 1.807) is 14.2 Å². The van der Waals surface area contributed by atoms with Crippen molar-refractivity contribution in [2.45, 2.75) is 25.4 Å². The van der Waals surface area contributed by atoms with Gasteiger partial charge in [-0.15, -0.1) is 0 Å². The zero-order chi connectivity index (χ0) is 13.0. The molecule has 2 rings (SSSR count). The molecular formula is C15H20O3. The molecule has 2 unspecified atom stereocenters. The molecule has 0 bridgehead atoms. The van der Waals surface area contributed by atoms with E-state index in [0.717, 1.165) is 24.8 Å². The molecule has 0 aliphatic heterocycles. The van der Waals surface area contributed by atoms with Crippen molar-refractivity contribution in [1.82, 2.24) is 0 Å². The zero-order valence-electron chi connectivity index (χ0n) is 10.9. The molecule has 1 aromatic carbocycles. The van der Waals surface area contributed by atoms with E-state index in [1.807, 2.05) is 18.2 Å². The van der Waals surface area contributed by atoms with Gasteiger partial charge in [-0.2, -0.15) is 0 Å². The van der Waals surface area contributed by atoms with E-state index >= 15 is 0 Å². The fraction of sp³-hybridized carbons (Fsp3) is 0.467. The molecule has 1 aromatic rings. The van der Waals surface area contributed by atoms with Crippen molar-refractivity contribution in [1.29, 1.82) is 0 Å². The number of aliphatic hydroxyl groups excluding tert-OH is 1. The first-order valence-electron chi connectivity index (χ1n) is 6.31. The molecule has 3 heteroatoms. The van der Waals surface area contributed by atoms with Gasteiger partial charge in [0.2, 0.25) is 0 Å². The Morgan fingerprint density at radius 2 is 1.94 bits per heavy atom. The fourth-order valence-electron chi connectivity index (χ4n) is 2.41. The minimum absolute atomic E-state index is 0.299. The predicted molar refractivity (Wildman–Crippen MR) is 71.0 cm³/mol. The SMILES string of the molecule is COc1ccc(C(O)C2CC=CCC2)cc1OC. The second-order valence-corrected chi connectivity index (χ2v) is 4.60. The summed E-state index contributed by atoms with van der Waals surface area (Å²) in [5.41, 5.74) is 0.896. The van der Waals surface area contributed by atoms with Crippen molar-refractivity contribution < 1.29 is 14.6 Å². The third kappa shape index (κ3) is 2.67. The van der Waals surface area contributed by atoms with E-state index < -0.39 is 6.10 Å². The van der Waals surface area contributed by atoms with Gasteiger partial charge < -0.3 is 14.6 Å². The summed E-state index contributed by atoms with van der Waals surface area (Å²) in [6.07, 6.45) is 6.92. The van der Waals surface area contributed by atoms with Crippen molar-refractivity contribution in [3.05, 3.63) is 35.9 Å². The Bertz CT molecular complexity index is 426. The van der Waals surface area contributed by atoms with Crippen molar-refractivity contribution in [3.63, 3.8) is 0 Å². The second-order valence-electron chi connectivity index (χ2n) is 4.60. The maximum Gasteiger partial charge on any atom is 0.161 e. The summed E-state index contributed by atoms with van der Waals surface area (Å²) in [6.45, 7) is 0. The molecule has 0 heterocycles. The zero-order valence-corrected chi connectivity index (χ0v) is 10.9. The van der Waals surface area contributed by atoms with Crippen LogP contribution in [-0.2, 0) is 0 Å². The normalized spacial score (nSPS) is 20.5. The molecule has 18 heavy (non-hydrogen) atoms. The average Bonchev–Trinajstić information content (AvgIpc) is 2.46. The third-order valence-electron chi connectivity index (χ3n) is 3.51. The average molecular weight is 248 g/mol. The smallest absolute Gasteiger partial charge is 0.161 e. The van der Waals surface area contributed by atoms with Crippen molar-refractivity contribution >= 4 is 0 Å². The van der Waals surface area contributed by atoms with Crippen molar-refractivity contribution in [2.24, 2.45) is 5.92 Å². The number of benzene rings is 1.